The van der Waals surface area contributed by atoms with Crippen molar-refractivity contribution < 1.29 is 46.1 Å². The van der Waals surface area contributed by atoms with Crippen molar-refractivity contribution in [1.29, 1.82) is 0 Å². The van der Waals surface area contributed by atoms with Crippen molar-refractivity contribution in [2.45, 2.75) is 57.5 Å². The molecule has 2 aromatic carbocycles. The Labute approximate surface area is 227 Å². The Morgan fingerprint density at radius 1 is 1.02 bits per heavy atom. The quantitative estimate of drug-likeness (QED) is 0.270. The third-order valence-corrected chi connectivity index (χ3v) is 5.63. The lowest BCUT2D eigenvalue weighted by atomic mass is 9.95. The summed E-state index contributed by atoms with van der Waals surface area (Å²) in [6.45, 7) is 4.89. The number of imide groups is 1. The molecule has 0 radical (unpaired) electrons. The highest BCUT2D eigenvalue weighted by molar-refractivity contribution is 5.90. The van der Waals surface area contributed by atoms with Gasteiger partial charge in [0.15, 0.2) is 6.10 Å². The van der Waals surface area contributed by atoms with Gasteiger partial charge in [0.2, 0.25) is 0 Å². The van der Waals surface area contributed by atoms with Gasteiger partial charge in [0, 0.05) is 6.20 Å². The second-order valence-electron chi connectivity index (χ2n) is 9.90. The van der Waals surface area contributed by atoms with Gasteiger partial charge in [-0.05, 0) is 74.7 Å². The fourth-order valence-corrected chi connectivity index (χ4v) is 3.97. The van der Waals surface area contributed by atoms with Gasteiger partial charge >= 0.3 is 24.7 Å². The minimum Gasteiger partial charge on any atom is -0.456 e. The van der Waals surface area contributed by atoms with Crippen LogP contribution in [0.5, 0.6) is 17.2 Å². The third-order valence-electron chi connectivity index (χ3n) is 5.63. The Balaban J connectivity index is 1.62. The Kier molecular flexibility index (Phi) is 8.17. The third kappa shape index (κ3) is 6.99. The Bertz CT molecular complexity index is 1330. The predicted molar refractivity (Wildman–Crippen MR) is 134 cm³/mol. The number of carbonyl (C=O) groups excluding carboxylic acids is 2. The Hall–Kier alpha value is -4.35. The molecule has 2 atom stereocenters. The zero-order valence-corrected chi connectivity index (χ0v) is 21.7. The van der Waals surface area contributed by atoms with Crippen molar-refractivity contribution in [2.75, 3.05) is 0 Å². The minimum atomic E-state index is -4.70. The van der Waals surface area contributed by atoms with Crippen LogP contribution in [0.15, 0.2) is 73.1 Å². The fourth-order valence-electron chi connectivity index (χ4n) is 3.97. The maximum atomic E-state index is 13.5. The molecule has 1 saturated heterocycles. The van der Waals surface area contributed by atoms with Gasteiger partial charge in [-0.3, -0.25) is 4.98 Å². The zero-order valence-electron chi connectivity index (χ0n) is 21.7. The van der Waals surface area contributed by atoms with Crippen LogP contribution in [0.2, 0.25) is 0 Å². The first-order valence-electron chi connectivity index (χ1n) is 12.2. The van der Waals surface area contributed by atoms with Gasteiger partial charge < -0.3 is 18.9 Å². The van der Waals surface area contributed by atoms with Gasteiger partial charge in [0.25, 0.3) is 0 Å². The summed E-state index contributed by atoms with van der Waals surface area (Å²) < 4.78 is 73.1. The molecule has 0 N–H and O–H groups in total. The summed E-state index contributed by atoms with van der Waals surface area (Å²) in [6.07, 6.45) is -8.57. The number of hydrogen-bond donors (Lipinski definition) is 0. The van der Waals surface area contributed by atoms with Crippen molar-refractivity contribution in [3.8, 4) is 17.2 Å². The summed E-state index contributed by atoms with van der Waals surface area (Å²) in [5.74, 6) is 0.479. The zero-order chi connectivity index (χ0) is 29.1. The van der Waals surface area contributed by atoms with Crippen molar-refractivity contribution in [3.63, 3.8) is 0 Å². The first-order chi connectivity index (χ1) is 18.8. The molecule has 3 aromatic rings. The van der Waals surface area contributed by atoms with E-state index in [2.05, 4.69) is 9.72 Å². The number of pyridine rings is 1. The van der Waals surface area contributed by atoms with E-state index in [1.807, 2.05) is 0 Å². The number of hydrogen-bond acceptors (Lipinski definition) is 7. The molecular formula is C28H26F4N2O6. The number of carbonyl (C=O) groups is 2. The SMILES string of the molecule is CC(C)(C)OC(=O)N1C(=O)OC(c2ccc(Oc3cccnc3)cc2)C1Cc1cccc(OC(F)(F)C(F)F)c1. The van der Waals surface area contributed by atoms with Crippen LogP contribution in [0.1, 0.15) is 38.0 Å². The number of halogens is 4. The van der Waals surface area contributed by atoms with Crippen LogP contribution in [0.25, 0.3) is 0 Å². The van der Waals surface area contributed by atoms with Crippen LogP contribution in [0.4, 0.5) is 27.2 Å². The van der Waals surface area contributed by atoms with Crippen LogP contribution >= 0.6 is 0 Å². The molecule has 1 aliphatic heterocycles. The largest absolute Gasteiger partial charge is 0.461 e. The Morgan fingerprint density at radius 3 is 2.35 bits per heavy atom. The standard InChI is InChI=1S/C28H26F4N2O6/c1-27(2,3)40-26(36)34-22(15-17-6-4-7-20(14-17)39-28(31,32)24(29)30)23(38-25(34)35)18-9-11-19(12-10-18)37-21-8-5-13-33-16-21/h4-14,16,22-24H,15H2,1-3H3. The molecule has 0 bridgehead atoms. The van der Waals surface area contributed by atoms with E-state index in [0.29, 0.717) is 22.6 Å². The van der Waals surface area contributed by atoms with E-state index in [-0.39, 0.29) is 6.42 Å². The molecule has 212 valence electrons. The number of cyclic esters (lactones) is 1. The highest BCUT2D eigenvalue weighted by Crippen LogP contribution is 2.37. The fraction of sp³-hybridized carbons (Fsp3) is 0.321. The summed E-state index contributed by atoms with van der Waals surface area (Å²) in [4.78, 5) is 30.7. The van der Waals surface area contributed by atoms with E-state index in [1.54, 1.807) is 63.4 Å². The van der Waals surface area contributed by atoms with Crippen molar-refractivity contribution >= 4 is 12.2 Å². The number of amides is 2. The molecule has 12 heteroatoms. The van der Waals surface area contributed by atoms with E-state index in [1.165, 1.54) is 18.3 Å². The van der Waals surface area contributed by atoms with Crippen molar-refractivity contribution in [1.82, 2.24) is 9.88 Å². The van der Waals surface area contributed by atoms with Crippen molar-refractivity contribution in [3.05, 3.63) is 84.2 Å². The molecule has 0 spiro atoms. The van der Waals surface area contributed by atoms with Crippen molar-refractivity contribution in [2.24, 2.45) is 0 Å². The topological polar surface area (TPSA) is 87.2 Å². The molecule has 40 heavy (non-hydrogen) atoms. The van der Waals surface area contributed by atoms with Gasteiger partial charge in [-0.15, -0.1) is 0 Å². The van der Waals surface area contributed by atoms with E-state index in [0.717, 1.165) is 17.0 Å². The van der Waals surface area contributed by atoms with Gasteiger partial charge in [0.05, 0.1) is 12.2 Å². The van der Waals surface area contributed by atoms with E-state index in [9.17, 15) is 27.2 Å². The second kappa shape index (κ2) is 11.4. The van der Waals surface area contributed by atoms with Crippen LogP contribution in [0.3, 0.4) is 0 Å². The molecule has 2 amide bonds. The minimum absolute atomic E-state index is 0.0823. The molecule has 1 fully saturated rings. The normalized spacial score (nSPS) is 17.5. The molecule has 2 heterocycles. The van der Waals surface area contributed by atoms with Gasteiger partial charge in [-0.25, -0.2) is 14.5 Å². The monoisotopic (exact) mass is 562 g/mol. The molecule has 1 aliphatic rings. The van der Waals surface area contributed by atoms with E-state index < -0.39 is 48.2 Å². The number of rotatable bonds is 8. The number of aromatic nitrogens is 1. The van der Waals surface area contributed by atoms with Crippen LogP contribution in [-0.4, -0.2) is 46.2 Å². The van der Waals surface area contributed by atoms with Gasteiger partial charge in [0.1, 0.15) is 22.8 Å². The first-order valence-corrected chi connectivity index (χ1v) is 12.2. The molecular weight excluding hydrogens is 536 g/mol. The lowest BCUT2D eigenvalue weighted by molar-refractivity contribution is -0.253. The summed E-state index contributed by atoms with van der Waals surface area (Å²) in [6, 6.07) is 14.1. The lowest BCUT2D eigenvalue weighted by Gasteiger charge is -2.27. The number of benzene rings is 2. The van der Waals surface area contributed by atoms with Gasteiger partial charge in [-0.1, -0.05) is 24.3 Å². The summed E-state index contributed by atoms with van der Waals surface area (Å²) in [5.41, 5.74) is -0.0968. The second-order valence-corrected chi connectivity index (χ2v) is 9.90. The molecule has 0 saturated carbocycles. The maximum absolute atomic E-state index is 13.5. The van der Waals surface area contributed by atoms with E-state index >= 15 is 0 Å². The van der Waals surface area contributed by atoms with Crippen LogP contribution < -0.4 is 9.47 Å². The number of nitrogens with zero attached hydrogens (tertiary/aromatic N) is 2. The van der Waals surface area contributed by atoms with Crippen LogP contribution in [-0.2, 0) is 15.9 Å². The molecule has 1 aromatic heterocycles. The molecule has 4 rings (SSSR count). The van der Waals surface area contributed by atoms with Gasteiger partial charge in [-0.2, -0.15) is 17.6 Å². The summed E-state index contributed by atoms with van der Waals surface area (Å²) in [7, 11) is 0. The summed E-state index contributed by atoms with van der Waals surface area (Å²) in [5, 5.41) is 0. The maximum Gasteiger partial charge on any atom is 0.461 e. The summed E-state index contributed by atoms with van der Waals surface area (Å²) >= 11 is 0. The smallest absolute Gasteiger partial charge is 0.456 e. The lowest BCUT2D eigenvalue weighted by Crippen LogP contribution is -2.43. The number of ether oxygens (including phenoxy) is 4. The van der Waals surface area contributed by atoms with Crippen LogP contribution in [0, 0.1) is 0 Å². The Morgan fingerprint density at radius 2 is 1.73 bits per heavy atom. The molecule has 2 unspecified atom stereocenters. The predicted octanol–water partition coefficient (Wildman–Crippen LogP) is 7.15. The average Bonchev–Trinajstić information content (AvgIpc) is 3.19. The highest BCUT2D eigenvalue weighted by atomic mass is 19.3. The first kappa shape index (κ1) is 28.7. The molecule has 8 nitrogen and oxygen atoms in total. The average molecular weight is 563 g/mol. The highest BCUT2D eigenvalue weighted by Gasteiger charge is 2.48. The molecule has 0 aliphatic carbocycles. The van der Waals surface area contributed by atoms with E-state index in [4.69, 9.17) is 14.2 Å². The number of alkyl halides is 4.